The normalized spacial score (nSPS) is 12.5. The van der Waals surface area contributed by atoms with Crippen molar-refractivity contribution in [3.05, 3.63) is 29.8 Å². The van der Waals surface area contributed by atoms with E-state index in [-0.39, 0.29) is 11.6 Å². The van der Waals surface area contributed by atoms with E-state index in [4.69, 9.17) is 17.0 Å². The minimum atomic E-state index is -4.88. The standard InChI is InChI=1S/C14H17F3N2O2S/c1-9(18-12(20)14(15,16)17)7-10-5-4-6-11(8-10)21-13(22)19(2)3/h4-6,8-9H,7H2,1-3H3,(H,18,20)/t9-/m0/s1. The first-order valence-corrected chi connectivity index (χ1v) is 6.86. The number of amides is 1. The fraction of sp³-hybridized carbons (Fsp3) is 0.429. The van der Waals surface area contributed by atoms with Gasteiger partial charge in [0.1, 0.15) is 5.75 Å². The van der Waals surface area contributed by atoms with Crippen LogP contribution < -0.4 is 10.1 Å². The van der Waals surface area contributed by atoms with Crippen molar-refractivity contribution >= 4 is 23.3 Å². The Kier molecular flexibility index (Phi) is 6.16. The van der Waals surface area contributed by atoms with Gasteiger partial charge in [-0.1, -0.05) is 12.1 Å². The molecule has 0 aliphatic heterocycles. The number of alkyl halides is 3. The first-order valence-electron chi connectivity index (χ1n) is 6.45. The lowest BCUT2D eigenvalue weighted by Crippen LogP contribution is -2.42. The number of carbonyl (C=O) groups is 1. The molecule has 1 aromatic carbocycles. The van der Waals surface area contributed by atoms with Crippen LogP contribution in [-0.4, -0.2) is 42.3 Å². The lowest BCUT2D eigenvalue weighted by atomic mass is 10.1. The highest BCUT2D eigenvalue weighted by molar-refractivity contribution is 7.80. The maximum atomic E-state index is 12.2. The number of hydrogen-bond donors (Lipinski definition) is 1. The van der Waals surface area contributed by atoms with E-state index in [9.17, 15) is 18.0 Å². The molecule has 0 aromatic heterocycles. The van der Waals surface area contributed by atoms with E-state index in [1.807, 2.05) is 5.32 Å². The van der Waals surface area contributed by atoms with Crippen LogP contribution >= 0.6 is 12.2 Å². The molecule has 0 bridgehead atoms. The summed E-state index contributed by atoms with van der Waals surface area (Å²) in [4.78, 5) is 12.5. The average Bonchev–Trinajstić information content (AvgIpc) is 2.37. The van der Waals surface area contributed by atoms with Crippen molar-refractivity contribution in [3.8, 4) is 5.75 Å². The molecule has 1 amide bonds. The zero-order valence-electron chi connectivity index (χ0n) is 12.4. The SMILES string of the molecule is C[C@@H](Cc1cccc(OC(=S)N(C)C)c1)NC(=O)C(F)(F)F. The monoisotopic (exact) mass is 334 g/mol. The van der Waals surface area contributed by atoms with Gasteiger partial charge in [0.2, 0.25) is 0 Å². The number of nitrogens with zero attached hydrogens (tertiary/aromatic N) is 1. The number of thiocarbonyl (C=S) groups is 1. The maximum Gasteiger partial charge on any atom is 0.471 e. The lowest BCUT2D eigenvalue weighted by Gasteiger charge is -2.17. The molecule has 1 rings (SSSR count). The van der Waals surface area contributed by atoms with Crippen LogP contribution in [0.5, 0.6) is 5.75 Å². The van der Waals surface area contributed by atoms with Gasteiger partial charge in [0.05, 0.1) is 0 Å². The number of benzene rings is 1. The minimum Gasteiger partial charge on any atom is -0.432 e. The van der Waals surface area contributed by atoms with E-state index in [1.54, 1.807) is 43.3 Å². The molecule has 0 radical (unpaired) electrons. The van der Waals surface area contributed by atoms with Gasteiger partial charge in [0.15, 0.2) is 0 Å². The summed E-state index contributed by atoms with van der Waals surface area (Å²) in [6.07, 6.45) is -4.63. The Morgan fingerprint density at radius 2 is 2.05 bits per heavy atom. The van der Waals surface area contributed by atoms with Crippen molar-refractivity contribution in [1.29, 1.82) is 0 Å². The summed E-state index contributed by atoms with van der Waals surface area (Å²) in [7, 11) is 3.47. The predicted octanol–water partition coefficient (Wildman–Crippen LogP) is 2.52. The van der Waals surface area contributed by atoms with Crippen molar-refractivity contribution in [3.63, 3.8) is 0 Å². The summed E-state index contributed by atoms with van der Waals surface area (Å²) in [5.74, 6) is -1.45. The first-order chi connectivity index (χ1) is 10.1. The summed E-state index contributed by atoms with van der Waals surface area (Å²) >= 11 is 5.01. The molecule has 8 heteroatoms. The minimum absolute atomic E-state index is 0.244. The van der Waals surface area contributed by atoms with Gasteiger partial charge in [-0.3, -0.25) is 4.79 Å². The van der Waals surface area contributed by atoms with Gasteiger partial charge >= 0.3 is 12.1 Å². The Hall–Kier alpha value is -1.83. The molecule has 22 heavy (non-hydrogen) atoms. The Labute approximate surface area is 132 Å². The van der Waals surface area contributed by atoms with E-state index >= 15 is 0 Å². The topological polar surface area (TPSA) is 41.6 Å². The smallest absolute Gasteiger partial charge is 0.432 e. The molecule has 1 atom stereocenters. The van der Waals surface area contributed by atoms with E-state index in [2.05, 4.69) is 0 Å². The molecule has 0 aliphatic rings. The van der Waals surface area contributed by atoms with E-state index in [0.29, 0.717) is 5.75 Å². The Morgan fingerprint density at radius 3 is 2.59 bits per heavy atom. The number of rotatable bonds is 4. The highest BCUT2D eigenvalue weighted by atomic mass is 32.1. The number of carbonyl (C=O) groups excluding carboxylic acids is 1. The molecule has 0 aliphatic carbocycles. The van der Waals surface area contributed by atoms with E-state index in [0.717, 1.165) is 5.56 Å². The van der Waals surface area contributed by atoms with Gasteiger partial charge in [-0.25, -0.2) is 0 Å². The summed E-state index contributed by atoms with van der Waals surface area (Å²) < 4.78 is 42.0. The van der Waals surface area contributed by atoms with Crippen LogP contribution in [0.3, 0.4) is 0 Å². The Balaban J connectivity index is 2.66. The zero-order valence-corrected chi connectivity index (χ0v) is 13.2. The van der Waals surface area contributed by atoms with Crippen molar-refractivity contribution in [2.24, 2.45) is 0 Å². The van der Waals surface area contributed by atoms with Crippen LogP contribution in [0.4, 0.5) is 13.2 Å². The summed E-state index contributed by atoms with van der Waals surface area (Å²) in [6.45, 7) is 1.50. The molecule has 0 saturated carbocycles. The fourth-order valence-electron chi connectivity index (χ4n) is 1.64. The molecule has 0 fully saturated rings. The fourth-order valence-corrected chi connectivity index (χ4v) is 1.73. The molecule has 1 N–H and O–H groups in total. The molecule has 0 saturated heterocycles. The van der Waals surface area contributed by atoms with Crippen LogP contribution in [-0.2, 0) is 11.2 Å². The maximum absolute atomic E-state index is 12.2. The van der Waals surface area contributed by atoms with Crippen molar-refractivity contribution in [2.75, 3.05) is 14.1 Å². The van der Waals surface area contributed by atoms with Gasteiger partial charge in [0, 0.05) is 20.1 Å². The van der Waals surface area contributed by atoms with Crippen LogP contribution in [0.1, 0.15) is 12.5 Å². The number of nitrogens with one attached hydrogen (secondary N) is 1. The number of ether oxygens (including phenoxy) is 1. The quantitative estimate of drug-likeness (QED) is 0.859. The summed E-state index contributed by atoms with van der Waals surface area (Å²) in [5, 5.41) is 2.18. The van der Waals surface area contributed by atoms with Gasteiger partial charge in [-0.15, -0.1) is 0 Å². The molecular weight excluding hydrogens is 317 g/mol. The van der Waals surface area contributed by atoms with Crippen LogP contribution in [0.25, 0.3) is 0 Å². The lowest BCUT2D eigenvalue weighted by molar-refractivity contribution is -0.174. The van der Waals surface area contributed by atoms with Gasteiger partial charge in [-0.2, -0.15) is 13.2 Å². The molecule has 122 valence electrons. The molecule has 4 nitrogen and oxygen atoms in total. The van der Waals surface area contributed by atoms with Crippen molar-refractivity contribution in [1.82, 2.24) is 10.2 Å². The summed E-state index contributed by atoms with van der Waals surface area (Å²) in [5.41, 5.74) is 0.731. The Bertz CT molecular complexity index is 547. The predicted molar refractivity (Wildman–Crippen MR) is 80.7 cm³/mol. The second kappa shape index (κ2) is 7.44. The first kappa shape index (κ1) is 18.2. The average molecular weight is 334 g/mol. The van der Waals surface area contributed by atoms with Crippen LogP contribution in [0, 0.1) is 0 Å². The van der Waals surface area contributed by atoms with Crippen LogP contribution in [0.15, 0.2) is 24.3 Å². The van der Waals surface area contributed by atoms with Gasteiger partial charge in [-0.05, 0) is 43.3 Å². The molecule has 0 spiro atoms. The second-order valence-corrected chi connectivity index (χ2v) is 5.34. The zero-order chi connectivity index (χ0) is 16.9. The number of halogens is 3. The van der Waals surface area contributed by atoms with E-state index < -0.39 is 18.1 Å². The van der Waals surface area contributed by atoms with Gasteiger partial charge in [0.25, 0.3) is 5.17 Å². The summed E-state index contributed by atoms with van der Waals surface area (Å²) in [6, 6.07) is 6.15. The van der Waals surface area contributed by atoms with Gasteiger partial charge < -0.3 is 15.0 Å². The third kappa shape index (κ3) is 5.88. The third-order valence-corrected chi connectivity index (χ3v) is 3.09. The number of hydrogen-bond acceptors (Lipinski definition) is 3. The molecular formula is C14H17F3N2O2S. The van der Waals surface area contributed by atoms with Crippen molar-refractivity contribution in [2.45, 2.75) is 25.6 Å². The molecule has 1 aromatic rings. The molecule has 0 heterocycles. The third-order valence-electron chi connectivity index (χ3n) is 2.65. The van der Waals surface area contributed by atoms with E-state index in [1.165, 1.54) is 6.92 Å². The highest BCUT2D eigenvalue weighted by Gasteiger charge is 2.39. The largest absolute Gasteiger partial charge is 0.471 e. The Morgan fingerprint density at radius 1 is 1.41 bits per heavy atom. The highest BCUT2D eigenvalue weighted by Crippen LogP contribution is 2.17. The molecule has 0 unspecified atom stereocenters. The second-order valence-electron chi connectivity index (χ2n) is 4.99. The van der Waals surface area contributed by atoms with Crippen LogP contribution in [0.2, 0.25) is 0 Å². The van der Waals surface area contributed by atoms with Crippen molar-refractivity contribution < 1.29 is 22.7 Å².